The fourth-order valence-corrected chi connectivity index (χ4v) is 1.75. The molecule has 0 aliphatic carbocycles. The molecule has 0 spiro atoms. The van der Waals surface area contributed by atoms with Crippen LogP contribution in [0.4, 0.5) is 5.69 Å². The Hall–Kier alpha value is -2.26. The smallest absolute Gasteiger partial charge is 0.0991 e. The van der Waals surface area contributed by atoms with Crippen LogP contribution in [0, 0.1) is 22.7 Å². The highest BCUT2D eigenvalue weighted by Gasteiger charge is 2.11. The minimum absolute atomic E-state index is 0.675. The highest BCUT2D eigenvalue weighted by atomic mass is 15.1. The number of rotatable bonds is 1. The van der Waals surface area contributed by atoms with Gasteiger partial charge in [0, 0.05) is 24.4 Å². The molecule has 1 aromatic rings. The van der Waals surface area contributed by atoms with Crippen molar-refractivity contribution < 1.29 is 0 Å². The second-order valence-corrected chi connectivity index (χ2v) is 3.70. The molecule has 0 unspecified atom stereocenters. The van der Waals surface area contributed by atoms with E-state index in [1.807, 2.05) is 30.3 Å². The molecule has 0 saturated heterocycles. The van der Waals surface area contributed by atoms with Gasteiger partial charge in [-0.05, 0) is 30.7 Å². The fraction of sp³-hybridized carbons (Fsp3) is 0.231. The first-order valence-electron chi connectivity index (χ1n) is 5.18. The molecule has 1 aliphatic rings. The third-order valence-electron chi connectivity index (χ3n) is 2.71. The monoisotopic (exact) mass is 209 g/mol. The van der Waals surface area contributed by atoms with Gasteiger partial charge in [-0.1, -0.05) is 6.08 Å². The summed E-state index contributed by atoms with van der Waals surface area (Å²) >= 11 is 0. The van der Waals surface area contributed by atoms with Crippen molar-refractivity contribution in [3.8, 4) is 12.1 Å². The van der Waals surface area contributed by atoms with E-state index >= 15 is 0 Å². The maximum absolute atomic E-state index is 8.74. The van der Waals surface area contributed by atoms with E-state index in [0.717, 1.165) is 30.8 Å². The van der Waals surface area contributed by atoms with Crippen molar-refractivity contribution >= 4 is 5.69 Å². The van der Waals surface area contributed by atoms with E-state index in [-0.39, 0.29) is 0 Å². The topological polar surface area (TPSA) is 50.8 Å². The van der Waals surface area contributed by atoms with Crippen molar-refractivity contribution in [1.29, 1.82) is 10.5 Å². The zero-order valence-corrected chi connectivity index (χ0v) is 8.85. The van der Waals surface area contributed by atoms with E-state index in [2.05, 4.69) is 17.0 Å². The molecular formula is C13H11N3. The molecule has 1 aromatic carbocycles. The van der Waals surface area contributed by atoms with Crippen LogP contribution in [0.15, 0.2) is 35.9 Å². The second kappa shape index (κ2) is 4.51. The Balaban J connectivity index is 2.13. The summed E-state index contributed by atoms with van der Waals surface area (Å²) in [6.07, 6.45) is 2.76. The zero-order chi connectivity index (χ0) is 11.4. The number of benzene rings is 1. The van der Waals surface area contributed by atoms with Gasteiger partial charge in [-0.2, -0.15) is 10.5 Å². The first-order chi connectivity index (χ1) is 7.83. The Morgan fingerprint density at radius 2 is 1.81 bits per heavy atom. The summed E-state index contributed by atoms with van der Waals surface area (Å²) < 4.78 is 0. The molecule has 78 valence electrons. The lowest BCUT2D eigenvalue weighted by Gasteiger charge is -2.26. The van der Waals surface area contributed by atoms with Crippen molar-refractivity contribution in [2.75, 3.05) is 18.0 Å². The van der Waals surface area contributed by atoms with Crippen LogP contribution in [0.2, 0.25) is 0 Å². The number of nitrogens with zero attached hydrogens (tertiary/aromatic N) is 3. The van der Waals surface area contributed by atoms with E-state index in [1.54, 1.807) is 0 Å². The summed E-state index contributed by atoms with van der Waals surface area (Å²) in [4.78, 5) is 2.20. The summed E-state index contributed by atoms with van der Waals surface area (Å²) in [5.41, 5.74) is 2.64. The fourth-order valence-electron chi connectivity index (χ4n) is 1.75. The van der Waals surface area contributed by atoms with Gasteiger partial charge in [0.15, 0.2) is 0 Å². The molecule has 0 aromatic heterocycles. The molecule has 0 fully saturated rings. The van der Waals surface area contributed by atoms with Crippen LogP contribution in [-0.2, 0) is 0 Å². The average Bonchev–Trinajstić information content (AvgIpc) is 2.39. The van der Waals surface area contributed by atoms with Crippen molar-refractivity contribution in [3.63, 3.8) is 0 Å². The Labute approximate surface area is 94.8 Å². The van der Waals surface area contributed by atoms with Crippen LogP contribution >= 0.6 is 0 Å². The molecular weight excluding hydrogens is 198 g/mol. The predicted molar refractivity (Wildman–Crippen MR) is 61.7 cm³/mol. The summed E-state index contributed by atoms with van der Waals surface area (Å²) in [7, 11) is 0. The van der Waals surface area contributed by atoms with E-state index < -0.39 is 0 Å². The van der Waals surface area contributed by atoms with Crippen LogP contribution in [0.3, 0.4) is 0 Å². The molecule has 2 rings (SSSR count). The molecule has 0 bridgehead atoms. The van der Waals surface area contributed by atoms with Crippen LogP contribution in [-0.4, -0.2) is 13.1 Å². The van der Waals surface area contributed by atoms with Crippen LogP contribution in [0.1, 0.15) is 12.0 Å². The molecule has 0 N–H and O–H groups in total. The normalized spacial score (nSPS) is 14.9. The molecule has 0 atom stereocenters. The number of nitriles is 2. The largest absolute Gasteiger partial charge is 0.367 e. The Kier molecular flexibility index (Phi) is 2.89. The molecule has 3 heteroatoms. The minimum atomic E-state index is 0.675. The lowest BCUT2D eigenvalue weighted by molar-refractivity contribution is 0.802. The molecule has 16 heavy (non-hydrogen) atoms. The van der Waals surface area contributed by atoms with Gasteiger partial charge in [0.1, 0.15) is 0 Å². The maximum atomic E-state index is 8.74. The zero-order valence-electron chi connectivity index (χ0n) is 8.85. The van der Waals surface area contributed by atoms with Gasteiger partial charge in [0.2, 0.25) is 0 Å². The Bertz CT molecular complexity index is 485. The van der Waals surface area contributed by atoms with E-state index in [1.165, 1.54) is 0 Å². The van der Waals surface area contributed by atoms with Crippen LogP contribution in [0.25, 0.3) is 0 Å². The number of hydrogen-bond acceptors (Lipinski definition) is 3. The van der Waals surface area contributed by atoms with Gasteiger partial charge in [-0.25, -0.2) is 0 Å². The molecule has 1 heterocycles. The summed E-state index contributed by atoms with van der Waals surface area (Å²) in [6, 6.07) is 11.8. The highest BCUT2D eigenvalue weighted by molar-refractivity contribution is 5.51. The number of anilines is 1. The van der Waals surface area contributed by atoms with Crippen molar-refractivity contribution in [1.82, 2.24) is 0 Å². The third kappa shape index (κ3) is 2.04. The first kappa shape index (κ1) is 10.3. The van der Waals surface area contributed by atoms with Crippen molar-refractivity contribution in [2.24, 2.45) is 0 Å². The van der Waals surface area contributed by atoms with Crippen LogP contribution in [0.5, 0.6) is 0 Å². The minimum Gasteiger partial charge on any atom is -0.367 e. The standard InChI is InChI=1S/C13H11N3/c14-9-11-1-3-13(4-2-11)16-7-5-12(10-15)6-8-16/h1-5H,6-8H2. The first-order valence-corrected chi connectivity index (χ1v) is 5.18. The summed E-state index contributed by atoms with van der Waals surface area (Å²) in [5.74, 6) is 0. The molecule has 1 aliphatic heterocycles. The lowest BCUT2D eigenvalue weighted by Crippen LogP contribution is -2.28. The molecule has 0 amide bonds. The Morgan fingerprint density at radius 3 is 2.31 bits per heavy atom. The third-order valence-corrected chi connectivity index (χ3v) is 2.71. The number of hydrogen-bond donors (Lipinski definition) is 0. The Morgan fingerprint density at radius 1 is 1.06 bits per heavy atom. The van der Waals surface area contributed by atoms with Crippen molar-refractivity contribution in [2.45, 2.75) is 6.42 Å². The van der Waals surface area contributed by atoms with Gasteiger partial charge in [0.25, 0.3) is 0 Å². The maximum Gasteiger partial charge on any atom is 0.0991 e. The van der Waals surface area contributed by atoms with E-state index in [0.29, 0.717) is 5.56 Å². The summed E-state index contributed by atoms with van der Waals surface area (Å²) in [6.45, 7) is 1.64. The van der Waals surface area contributed by atoms with E-state index in [4.69, 9.17) is 10.5 Å². The van der Waals surface area contributed by atoms with Crippen molar-refractivity contribution in [3.05, 3.63) is 41.5 Å². The average molecular weight is 209 g/mol. The predicted octanol–water partition coefficient (Wildman–Crippen LogP) is 2.22. The van der Waals surface area contributed by atoms with Gasteiger partial charge < -0.3 is 4.90 Å². The molecule has 3 nitrogen and oxygen atoms in total. The lowest BCUT2D eigenvalue weighted by atomic mass is 10.1. The second-order valence-electron chi connectivity index (χ2n) is 3.70. The van der Waals surface area contributed by atoms with Gasteiger partial charge in [-0.15, -0.1) is 0 Å². The quantitative estimate of drug-likeness (QED) is 0.712. The van der Waals surface area contributed by atoms with Gasteiger partial charge in [-0.3, -0.25) is 0 Å². The summed E-state index contributed by atoms with van der Waals surface area (Å²) in [5, 5.41) is 17.4. The molecule has 0 radical (unpaired) electrons. The molecule has 0 saturated carbocycles. The van der Waals surface area contributed by atoms with E-state index in [9.17, 15) is 0 Å². The van der Waals surface area contributed by atoms with Gasteiger partial charge in [0.05, 0.1) is 17.7 Å². The highest BCUT2D eigenvalue weighted by Crippen LogP contribution is 2.19. The van der Waals surface area contributed by atoms with Gasteiger partial charge >= 0.3 is 0 Å². The van der Waals surface area contributed by atoms with Crippen LogP contribution < -0.4 is 4.90 Å². The SMILES string of the molecule is N#CC1=CCN(c2ccc(C#N)cc2)CC1.